The van der Waals surface area contributed by atoms with Gasteiger partial charge in [-0.1, -0.05) is 24.4 Å². The van der Waals surface area contributed by atoms with Crippen LogP contribution in [0.2, 0.25) is 5.02 Å². The first-order chi connectivity index (χ1) is 15.0. The standard InChI is InChI=1S/C20H24ClF3N2O5S/c21-16-6-5-14(20(22,23)24)11-17(16)32(29,30)26-9-7-13(8-10-26)19(28)31-12-18(27)25-15-3-1-2-4-15/h5-6,11,13,15H,1-4,7-10,12H2,(H,25,27). The molecule has 1 aliphatic heterocycles. The second kappa shape index (κ2) is 9.96. The highest BCUT2D eigenvalue weighted by molar-refractivity contribution is 7.89. The van der Waals surface area contributed by atoms with Crippen LogP contribution in [0.5, 0.6) is 0 Å². The average Bonchev–Trinajstić information content (AvgIpc) is 3.24. The van der Waals surface area contributed by atoms with Crippen LogP contribution in [0.4, 0.5) is 13.2 Å². The Morgan fingerprint density at radius 3 is 2.34 bits per heavy atom. The molecule has 0 unspecified atom stereocenters. The Morgan fingerprint density at radius 1 is 1.12 bits per heavy atom. The third-order valence-corrected chi connectivity index (χ3v) is 8.11. The van der Waals surface area contributed by atoms with E-state index in [2.05, 4.69) is 5.32 Å². The van der Waals surface area contributed by atoms with Crippen molar-refractivity contribution >= 4 is 33.5 Å². The van der Waals surface area contributed by atoms with Gasteiger partial charge in [0, 0.05) is 19.1 Å². The molecule has 1 saturated carbocycles. The number of amides is 1. The van der Waals surface area contributed by atoms with Gasteiger partial charge in [-0.05, 0) is 43.9 Å². The third kappa shape index (κ3) is 5.93. The van der Waals surface area contributed by atoms with Crippen LogP contribution in [0.3, 0.4) is 0 Å². The van der Waals surface area contributed by atoms with Crippen molar-refractivity contribution in [2.75, 3.05) is 19.7 Å². The van der Waals surface area contributed by atoms with E-state index in [0.717, 1.165) is 36.1 Å². The molecule has 178 valence electrons. The predicted octanol–water partition coefficient (Wildman–Crippen LogP) is 3.36. The van der Waals surface area contributed by atoms with Crippen molar-refractivity contribution in [2.24, 2.45) is 5.92 Å². The van der Waals surface area contributed by atoms with Crippen LogP contribution in [0.25, 0.3) is 0 Å². The van der Waals surface area contributed by atoms with E-state index in [4.69, 9.17) is 16.3 Å². The molecule has 1 aliphatic carbocycles. The quantitative estimate of drug-likeness (QED) is 0.610. The Hall–Kier alpha value is -1.85. The zero-order chi connectivity index (χ0) is 23.5. The lowest BCUT2D eigenvalue weighted by Gasteiger charge is -2.30. The number of nitrogens with one attached hydrogen (secondary N) is 1. The summed E-state index contributed by atoms with van der Waals surface area (Å²) in [6, 6.07) is 2.24. The number of alkyl halides is 3. The molecule has 12 heteroatoms. The number of nitrogens with zero attached hydrogens (tertiary/aromatic N) is 1. The minimum atomic E-state index is -4.71. The largest absolute Gasteiger partial charge is 0.455 e. The van der Waals surface area contributed by atoms with Crippen molar-refractivity contribution in [1.82, 2.24) is 9.62 Å². The second-order valence-corrected chi connectivity index (χ2v) is 10.3. The van der Waals surface area contributed by atoms with Gasteiger partial charge in [-0.2, -0.15) is 17.5 Å². The van der Waals surface area contributed by atoms with E-state index in [1.54, 1.807) is 0 Å². The van der Waals surface area contributed by atoms with Crippen molar-refractivity contribution in [1.29, 1.82) is 0 Å². The van der Waals surface area contributed by atoms with Crippen LogP contribution in [0.1, 0.15) is 44.1 Å². The predicted molar refractivity (Wildman–Crippen MR) is 109 cm³/mol. The number of carbonyl (C=O) groups is 2. The van der Waals surface area contributed by atoms with Gasteiger partial charge in [-0.15, -0.1) is 0 Å². The number of carbonyl (C=O) groups excluding carboxylic acids is 2. The number of sulfonamides is 1. The Morgan fingerprint density at radius 2 is 1.75 bits per heavy atom. The summed E-state index contributed by atoms with van der Waals surface area (Å²) in [7, 11) is -4.28. The lowest BCUT2D eigenvalue weighted by Crippen LogP contribution is -2.41. The van der Waals surface area contributed by atoms with Crippen molar-refractivity contribution in [3.8, 4) is 0 Å². The van der Waals surface area contributed by atoms with Gasteiger partial charge in [0.05, 0.1) is 16.5 Å². The van der Waals surface area contributed by atoms with Gasteiger partial charge in [0.25, 0.3) is 5.91 Å². The van der Waals surface area contributed by atoms with E-state index in [9.17, 15) is 31.2 Å². The number of halogens is 4. The van der Waals surface area contributed by atoms with Crippen molar-refractivity contribution < 1.29 is 35.9 Å². The molecule has 0 radical (unpaired) electrons. The zero-order valence-corrected chi connectivity index (χ0v) is 18.7. The lowest BCUT2D eigenvalue weighted by molar-refractivity contribution is -0.153. The van der Waals surface area contributed by atoms with E-state index in [0.29, 0.717) is 12.1 Å². The molecule has 2 aliphatic rings. The molecule has 1 N–H and O–H groups in total. The minimum absolute atomic E-state index is 0.0804. The first-order valence-corrected chi connectivity index (χ1v) is 12.1. The van der Waals surface area contributed by atoms with Crippen molar-refractivity contribution in [3.05, 3.63) is 28.8 Å². The highest BCUT2D eigenvalue weighted by Gasteiger charge is 2.37. The number of esters is 1. The van der Waals surface area contributed by atoms with Gasteiger partial charge < -0.3 is 10.1 Å². The summed E-state index contributed by atoms with van der Waals surface area (Å²) in [5, 5.41) is 2.49. The van der Waals surface area contributed by atoms with Crippen molar-refractivity contribution in [2.45, 2.75) is 55.6 Å². The normalized spacial score (nSPS) is 19.1. The van der Waals surface area contributed by atoms with Gasteiger partial charge in [0.2, 0.25) is 10.0 Å². The van der Waals surface area contributed by atoms with Crippen LogP contribution in [0.15, 0.2) is 23.1 Å². The number of hydrogen-bond donors (Lipinski definition) is 1. The first-order valence-electron chi connectivity index (χ1n) is 10.3. The summed E-state index contributed by atoms with van der Waals surface area (Å²) in [6.07, 6.45) is -0.547. The fourth-order valence-corrected chi connectivity index (χ4v) is 5.91. The molecule has 0 atom stereocenters. The molecule has 1 aromatic rings. The number of piperidine rings is 1. The summed E-state index contributed by atoms with van der Waals surface area (Å²) in [6.45, 7) is -0.556. The van der Waals surface area contributed by atoms with Crippen LogP contribution in [-0.4, -0.2) is 50.3 Å². The molecular weight excluding hydrogens is 473 g/mol. The van der Waals surface area contributed by atoms with E-state index in [1.807, 2.05) is 0 Å². The number of benzene rings is 1. The van der Waals surface area contributed by atoms with Gasteiger partial charge in [-0.25, -0.2) is 8.42 Å². The topological polar surface area (TPSA) is 92.8 Å². The molecule has 1 aromatic carbocycles. The number of hydrogen-bond acceptors (Lipinski definition) is 5. The fraction of sp³-hybridized carbons (Fsp3) is 0.600. The van der Waals surface area contributed by atoms with Crippen LogP contribution in [-0.2, 0) is 30.5 Å². The third-order valence-electron chi connectivity index (χ3n) is 5.73. The Kier molecular flexibility index (Phi) is 7.72. The maximum absolute atomic E-state index is 13.0. The van der Waals surface area contributed by atoms with E-state index in [-0.39, 0.29) is 42.9 Å². The van der Waals surface area contributed by atoms with Gasteiger partial charge >= 0.3 is 12.1 Å². The smallest absolute Gasteiger partial charge is 0.416 e. The Balaban J connectivity index is 1.55. The maximum atomic E-state index is 13.0. The Bertz CT molecular complexity index is 956. The van der Waals surface area contributed by atoms with E-state index < -0.39 is 45.2 Å². The molecule has 1 amide bonds. The molecule has 0 aromatic heterocycles. The van der Waals surface area contributed by atoms with Gasteiger partial charge in [0.1, 0.15) is 4.90 Å². The first kappa shape index (κ1) is 24.8. The summed E-state index contributed by atoms with van der Waals surface area (Å²) < 4.78 is 70.7. The molecule has 1 heterocycles. The van der Waals surface area contributed by atoms with E-state index >= 15 is 0 Å². The molecule has 0 bridgehead atoms. The molecule has 1 saturated heterocycles. The van der Waals surface area contributed by atoms with Crippen LogP contribution < -0.4 is 5.32 Å². The summed E-state index contributed by atoms with van der Waals surface area (Å²) in [4.78, 5) is 23.5. The summed E-state index contributed by atoms with van der Waals surface area (Å²) in [5.74, 6) is -1.57. The van der Waals surface area contributed by atoms with Gasteiger partial charge in [0.15, 0.2) is 6.61 Å². The zero-order valence-electron chi connectivity index (χ0n) is 17.2. The molecule has 0 spiro atoms. The molecule has 3 rings (SSSR count). The fourth-order valence-electron chi connectivity index (χ4n) is 3.94. The minimum Gasteiger partial charge on any atom is -0.455 e. The molecule has 32 heavy (non-hydrogen) atoms. The monoisotopic (exact) mass is 496 g/mol. The van der Waals surface area contributed by atoms with Crippen LogP contribution in [0, 0.1) is 5.92 Å². The summed E-state index contributed by atoms with van der Waals surface area (Å²) in [5.41, 5.74) is -1.12. The summed E-state index contributed by atoms with van der Waals surface area (Å²) >= 11 is 5.88. The SMILES string of the molecule is O=C(COC(=O)C1CCN(S(=O)(=O)c2cc(C(F)(F)F)ccc2Cl)CC1)NC1CCCC1. The number of ether oxygens (including phenoxy) is 1. The maximum Gasteiger partial charge on any atom is 0.416 e. The Labute approximate surface area is 189 Å². The van der Waals surface area contributed by atoms with E-state index in [1.165, 1.54) is 0 Å². The molecule has 2 fully saturated rings. The number of rotatable bonds is 6. The highest BCUT2D eigenvalue weighted by atomic mass is 35.5. The van der Waals surface area contributed by atoms with Gasteiger partial charge in [-0.3, -0.25) is 9.59 Å². The molecular formula is C20H24ClF3N2O5S. The second-order valence-electron chi connectivity index (χ2n) is 7.98. The lowest BCUT2D eigenvalue weighted by atomic mass is 9.98. The average molecular weight is 497 g/mol. The molecule has 7 nitrogen and oxygen atoms in total. The van der Waals surface area contributed by atoms with Crippen LogP contribution >= 0.6 is 11.6 Å². The highest BCUT2D eigenvalue weighted by Crippen LogP contribution is 2.35. The van der Waals surface area contributed by atoms with Crippen molar-refractivity contribution in [3.63, 3.8) is 0 Å².